The van der Waals surface area contributed by atoms with Crippen molar-refractivity contribution in [2.75, 3.05) is 31.4 Å². The van der Waals surface area contributed by atoms with Gasteiger partial charge in [-0.1, -0.05) is 5.16 Å². The van der Waals surface area contributed by atoms with Crippen LogP contribution in [0.4, 0.5) is 17.3 Å². The van der Waals surface area contributed by atoms with E-state index in [2.05, 4.69) is 53.1 Å². The first-order chi connectivity index (χ1) is 19.1. The minimum Gasteiger partial charge on any atom is -0.495 e. The highest BCUT2D eigenvalue weighted by molar-refractivity contribution is 14.2. The number of ether oxygens (including phenoxy) is 4. The lowest BCUT2D eigenvalue weighted by atomic mass is 10.1. The van der Waals surface area contributed by atoms with Crippen LogP contribution >= 0.6 is 40.4 Å². The molecule has 2 aromatic heterocycles. The van der Waals surface area contributed by atoms with Gasteiger partial charge in [0.05, 0.1) is 38.8 Å². The van der Waals surface area contributed by atoms with Gasteiger partial charge in [-0.15, -0.1) is 0 Å². The van der Waals surface area contributed by atoms with Crippen molar-refractivity contribution in [3.8, 4) is 17.2 Å². The molecule has 2 aromatic carbocycles. The molecule has 0 spiro atoms. The topological polar surface area (TPSA) is 117 Å². The molecule has 2 atom stereocenters. The average Bonchev–Trinajstić information content (AvgIpc) is 3.33. The van der Waals surface area contributed by atoms with Crippen LogP contribution in [0.1, 0.15) is 36.2 Å². The molecule has 1 saturated carbocycles. The molecule has 2 aliphatic rings. The summed E-state index contributed by atoms with van der Waals surface area (Å²) >= 11 is 3.67. The lowest BCUT2D eigenvalue weighted by Gasteiger charge is -2.18. The Kier molecular flexibility index (Phi) is 7.54. The van der Waals surface area contributed by atoms with E-state index in [-0.39, 0.29) is 6.23 Å². The van der Waals surface area contributed by atoms with E-state index in [0.29, 0.717) is 40.9 Å². The summed E-state index contributed by atoms with van der Waals surface area (Å²) in [6.07, 6.45) is 6.06. The van der Waals surface area contributed by atoms with Gasteiger partial charge in [0.25, 0.3) is 0 Å². The molecular formula is C25H26IN6O5PS. The summed E-state index contributed by atoms with van der Waals surface area (Å²) in [4.78, 5) is 0.758. The number of fused-ring (bicyclic) bond motifs is 1. The molecule has 14 heteroatoms. The normalized spacial score (nSPS) is 16.5. The molecule has 0 radical (unpaired) electrons. The molecule has 2 unspecified atom stereocenters. The monoisotopic (exact) mass is 680 g/mol. The van der Waals surface area contributed by atoms with Crippen LogP contribution in [0.2, 0.25) is 0 Å². The molecule has 204 valence electrons. The van der Waals surface area contributed by atoms with Gasteiger partial charge in [0, 0.05) is 35.5 Å². The van der Waals surface area contributed by atoms with Crippen LogP contribution in [-0.4, -0.2) is 36.0 Å². The maximum absolute atomic E-state index is 5.71. The number of benzene rings is 2. The van der Waals surface area contributed by atoms with Crippen molar-refractivity contribution >= 4 is 68.7 Å². The molecule has 1 aliphatic carbocycles. The van der Waals surface area contributed by atoms with Crippen LogP contribution in [0.25, 0.3) is 11.0 Å². The van der Waals surface area contributed by atoms with E-state index in [0.717, 1.165) is 27.4 Å². The molecule has 0 bridgehead atoms. The van der Waals surface area contributed by atoms with Crippen LogP contribution in [0.15, 0.2) is 52.2 Å². The predicted octanol–water partition coefficient (Wildman–Crippen LogP) is 6.67. The Balaban J connectivity index is 1.25. The quantitative estimate of drug-likeness (QED) is 0.0896. The number of nitrogens with zero attached hydrogens (tertiary/aromatic N) is 3. The summed E-state index contributed by atoms with van der Waals surface area (Å²) in [5.74, 6) is 3.85. The summed E-state index contributed by atoms with van der Waals surface area (Å²) in [5, 5.41) is 16.3. The van der Waals surface area contributed by atoms with Crippen molar-refractivity contribution < 1.29 is 23.5 Å². The highest BCUT2D eigenvalue weighted by Gasteiger charge is 2.28. The van der Waals surface area contributed by atoms with Gasteiger partial charge < -0.3 is 38.8 Å². The number of nitrogens with one attached hydrogen (secondary N) is 3. The smallest absolute Gasteiger partial charge is 0.195 e. The first kappa shape index (κ1) is 26.2. The van der Waals surface area contributed by atoms with Crippen molar-refractivity contribution in [1.82, 2.24) is 20.0 Å². The van der Waals surface area contributed by atoms with Crippen LogP contribution in [0.5, 0.6) is 17.2 Å². The van der Waals surface area contributed by atoms with Crippen molar-refractivity contribution in [2.45, 2.75) is 29.9 Å². The van der Waals surface area contributed by atoms with E-state index in [4.69, 9.17) is 28.6 Å². The molecule has 3 heterocycles. The number of halogens is 1. The Hall–Kier alpha value is -3.03. The molecule has 39 heavy (non-hydrogen) atoms. The van der Waals surface area contributed by atoms with Crippen LogP contribution < -0.4 is 29.6 Å². The van der Waals surface area contributed by atoms with E-state index in [9.17, 15) is 0 Å². The average molecular weight is 680 g/mol. The number of hydrogen-bond donors (Lipinski definition) is 3. The van der Waals surface area contributed by atoms with E-state index in [1.807, 2.05) is 24.3 Å². The van der Waals surface area contributed by atoms with Crippen LogP contribution in [0.3, 0.4) is 0 Å². The van der Waals surface area contributed by atoms with Gasteiger partial charge in [-0.25, -0.2) is 4.45 Å². The highest BCUT2D eigenvalue weighted by atomic mass is 127. The third kappa shape index (κ3) is 5.27. The Bertz CT molecular complexity index is 1510. The predicted molar refractivity (Wildman–Crippen MR) is 161 cm³/mol. The second-order valence-corrected chi connectivity index (χ2v) is 11.7. The summed E-state index contributed by atoms with van der Waals surface area (Å²) < 4.78 is 33.6. The third-order valence-corrected chi connectivity index (χ3v) is 9.22. The lowest BCUT2D eigenvalue weighted by molar-refractivity contribution is 0.154. The minimum atomic E-state index is -0.300. The number of methoxy groups -OCH3 is 3. The second-order valence-electron chi connectivity index (χ2n) is 8.87. The fourth-order valence-electron chi connectivity index (χ4n) is 4.35. The van der Waals surface area contributed by atoms with Crippen molar-refractivity contribution in [1.29, 1.82) is 0 Å². The molecule has 6 rings (SSSR count). The standard InChI is InChI=1S/C25H26IN6O5PS/c1-33-19-10-15-18(11-16(19)28-22-12-17(13-4-5-13)32(29-22)38-26)37-30-24(15)31-39-23-20(34-2)8-14(9-21(23)35-3)25-27-6-7-36-25/h6-13,25,27,38H,4-5H2,1-3H3,(H,28,29)(H,30,31). The van der Waals surface area contributed by atoms with Gasteiger partial charge in [0.1, 0.15) is 28.4 Å². The fourth-order valence-corrected chi connectivity index (χ4v) is 6.83. The van der Waals surface area contributed by atoms with Crippen molar-refractivity contribution in [2.24, 2.45) is 0 Å². The molecular weight excluding hydrogens is 654 g/mol. The van der Waals surface area contributed by atoms with E-state index in [1.54, 1.807) is 33.8 Å². The molecule has 3 N–H and O–H groups in total. The van der Waals surface area contributed by atoms with Crippen molar-refractivity contribution in [3.05, 3.63) is 54.1 Å². The fraction of sp³-hybridized carbons (Fsp3) is 0.280. The van der Waals surface area contributed by atoms with Gasteiger partial charge in [-0.3, -0.25) is 0 Å². The Labute approximate surface area is 243 Å². The first-order valence-electron chi connectivity index (χ1n) is 12.1. The van der Waals surface area contributed by atoms with Crippen molar-refractivity contribution in [3.63, 3.8) is 0 Å². The Morgan fingerprint density at radius 2 is 1.85 bits per heavy atom. The molecule has 4 aromatic rings. The highest BCUT2D eigenvalue weighted by Crippen LogP contribution is 2.45. The number of hydrogen-bond acceptors (Lipinski definition) is 11. The maximum Gasteiger partial charge on any atom is 0.195 e. The molecule has 11 nitrogen and oxygen atoms in total. The maximum atomic E-state index is 5.71. The zero-order valence-electron chi connectivity index (χ0n) is 21.3. The van der Waals surface area contributed by atoms with E-state index >= 15 is 0 Å². The summed E-state index contributed by atoms with van der Waals surface area (Å²) in [6, 6.07) is 9.71. The van der Waals surface area contributed by atoms with Gasteiger partial charge in [-0.2, -0.15) is 5.10 Å². The van der Waals surface area contributed by atoms with Gasteiger partial charge in [-0.05, 0) is 65.0 Å². The first-order valence-corrected chi connectivity index (χ1v) is 17.0. The summed E-state index contributed by atoms with van der Waals surface area (Å²) in [7, 11) is 4.87. The van der Waals surface area contributed by atoms with E-state index in [1.165, 1.54) is 30.5 Å². The number of rotatable bonds is 11. The molecule has 0 saturated heterocycles. The molecule has 0 amide bonds. The number of aromatic nitrogens is 3. The van der Waals surface area contributed by atoms with Gasteiger partial charge in [0.15, 0.2) is 23.4 Å². The van der Waals surface area contributed by atoms with Gasteiger partial charge >= 0.3 is 0 Å². The third-order valence-electron chi connectivity index (χ3n) is 6.43. The van der Waals surface area contributed by atoms with Crippen LogP contribution in [-0.2, 0) is 4.74 Å². The van der Waals surface area contributed by atoms with Crippen LogP contribution in [0, 0.1) is 0 Å². The second kappa shape index (κ2) is 11.2. The lowest BCUT2D eigenvalue weighted by Crippen LogP contribution is -2.12. The van der Waals surface area contributed by atoms with Gasteiger partial charge in [0.2, 0.25) is 0 Å². The summed E-state index contributed by atoms with van der Waals surface area (Å²) in [5.41, 5.74) is 3.50. The van der Waals surface area contributed by atoms with E-state index < -0.39 is 0 Å². The zero-order chi connectivity index (χ0) is 26.9. The summed E-state index contributed by atoms with van der Waals surface area (Å²) in [6.45, 7) is 0. The largest absolute Gasteiger partial charge is 0.495 e. The molecule has 1 aliphatic heterocycles. The minimum absolute atomic E-state index is 0.300. The Morgan fingerprint density at radius 1 is 1.08 bits per heavy atom. The number of anilines is 3. The molecule has 1 fully saturated rings. The Morgan fingerprint density at radius 3 is 2.49 bits per heavy atom. The SMILES string of the molecule is COc1cc2c(NSc3c(OC)cc(C4NC=CO4)cc3OC)noc2cc1Nc1cc(C2CC2)n(PI)n1. The zero-order valence-corrected chi connectivity index (χ0v) is 25.3.